The molecule has 0 saturated carbocycles. The van der Waals surface area contributed by atoms with E-state index in [1.54, 1.807) is 0 Å². The van der Waals surface area contributed by atoms with Crippen LogP contribution in [0.4, 0.5) is 5.69 Å². The van der Waals surface area contributed by atoms with Crippen LogP contribution in [0, 0.1) is 0 Å². The van der Waals surface area contributed by atoms with Gasteiger partial charge in [0.2, 0.25) is 5.91 Å². The lowest BCUT2D eigenvalue weighted by Gasteiger charge is -2.13. The summed E-state index contributed by atoms with van der Waals surface area (Å²) in [4.78, 5) is 14.0. The number of likely N-dealkylation sites (tertiary alicyclic amines) is 1. The summed E-state index contributed by atoms with van der Waals surface area (Å²) in [7, 11) is 0. The molecule has 1 aromatic rings. The Morgan fingerprint density at radius 2 is 1.89 bits per heavy atom. The van der Waals surface area contributed by atoms with Crippen LogP contribution < -0.4 is 11.1 Å². The molecular weight excluding hydrogens is 238 g/mol. The topological polar surface area (TPSA) is 58.4 Å². The maximum Gasteiger partial charge on any atom is 0.221 e. The summed E-state index contributed by atoms with van der Waals surface area (Å²) in [6, 6.07) is 7.80. The van der Waals surface area contributed by atoms with E-state index < -0.39 is 0 Å². The molecule has 1 saturated heterocycles. The van der Waals surface area contributed by atoms with Gasteiger partial charge in [0.1, 0.15) is 0 Å². The molecule has 0 aromatic heterocycles. The van der Waals surface area contributed by atoms with E-state index in [1.807, 2.05) is 24.3 Å². The van der Waals surface area contributed by atoms with E-state index in [4.69, 9.17) is 5.73 Å². The van der Waals surface area contributed by atoms with Gasteiger partial charge in [-0.25, -0.2) is 0 Å². The van der Waals surface area contributed by atoms with Gasteiger partial charge >= 0.3 is 0 Å². The zero-order valence-electron chi connectivity index (χ0n) is 11.4. The van der Waals surface area contributed by atoms with Crippen molar-refractivity contribution < 1.29 is 4.79 Å². The highest BCUT2D eigenvalue weighted by molar-refractivity contribution is 5.76. The predicted molar refractivity (Wildman–Crippen MR) is 77.9 cm³/mol. The third kappa shape index (κ3) is 4.91. The minimum Gasteiger partial charge on any atom is -0.399 e. The number of nitrogens with zero attached hydrogens (tertiary/aromatic N) is 1. The van der Waals surface area contributed by atoms with Gasteiger partial charge in [-0.15, -0.1) is 0 Å². The fourth-order valence-corrected chi connectivity index (χ4v) is 2.38. The third-order valence-electron chi connectivity index (χ3n) is 3.57. The number of benzene rings is 1. The molecule has 1 fully saturated rings. The standard InChI is InChI=1S/C15H23N3O/c16-14-5-3-13(4-6-14)7-9-17-15(19)8-12-18-10-1-2-11-18/h3-6H,1-2,7-12,16H2,(H,17,19). The molecule has 3 N–H and O–H groups in total. The van der Waals surface area contributed by atoms with Crippen molar-refractivity contribution in [3.63, 3.8) is 0 Å². The first-order valence-electron chi connectivity index (χ1n) is 7.07. The molecule has 0 aliphatic carbocycles. The van der Waals surface area contributed by atoms with Crippen LogP contribution >= 0.6 is 0 Å². The Hall–Kier alpha value is -1.55. The molecular formula is C15H23N3O. The van der Waals surface area contributed by atoms with Crippen molar-refractivity contribution >= 4 is 11.6 Å². The zero-order valence-corrected chi connectivity index (χ0v) is 11.4. The molecule has 0 bridgehead atoms. The van der Waals surface area contributed by atoms with Gasteiger partial charge in [-0.2, -0.15) is 0 Å². The van der Waals surface area contributed by atoms with Crippen LogP contribution in [0.5, 0.6) is 0 Å². The Morgan fingerprint density at radius 1 is 1.21 bits per heavy atom. The number of carbonyl (C=O) groups excluding carboxylic acids is 1. The molecule has 19 heavy (non-hydrogen) atoms. The lowest BCUT2D eigenvalue weighted by molar-refractivity contribution is -0.121. The van der Waals surface area contributed by atoms with Crippen molar-refractivity contribution in [1.29, 1.82) is 0 Å². The molecule has 104 valence electrons. The van der Waals surface area contributed by atoms with Crippen LogP contribution in [0.1, 0.15) is 24.8 Å². The minimum absolute atomic E-state index is 0.155. The Kier molecular flexibility index (Phi) is 5.21. The van der Waals surface area contributed by atoms with Gasteiger partial charge in [-0.05, 0) is 50.0 Å². The van der Waals surface area contributed by atoms with Gasteiger partial charge < -0.3 is 16.0 Å². The van der Waals surface area contributed by atoms with Crippen molar-refractivity contribution in [2.75, 3.05) is 31.9 Å². The molecule has 4 heteroatoms. The molecule has 0 atom stereocenters. The van der Waals surface area contributed by atoms with Gasteiger partial charge in [0.15, 0.2) is 0 Å². The second-order valence-corrected chi connectivity index (χ2v) is 5.14. The van der Waals surface area contributed by atoms with Crippen LogP contribution in [0.2, 0.25) is 0 Å². The summed E-state index contributed by atoms with van der Waals surface area (Å²) < 4.78 is 0. The van der Waals surface area contributed by atoms with E-state index in [-0.39, 0.29) is 5.91 Å². The summed E-state index contributed by atoms with van der Waals surface area (Å²) in [6.07, 6.45) is 4.02. The van der Waals surface area contributed by atoms with Crippen molar-refractivity contribution in [2.45, 2.75) is 25.7 Å². The quantitative estimate of drug-likeness (QED) is 0.761. The Labute approximate surface area is 115 Å². The number of nitrogen functional groups attached to an aromatic ring is 1. The maximum atomic E-state index is 11.7. The van der Waals surface area contributed by atoms with Crippen molar-refractivity contribution in [3.8, 4) is 0 Å². The van der Waals surface area contributed by atoms with Crippen molar-refractivity contribution in [3.05, 3.63) is 29.8 Å². The highest BCUT2D eigenvalue weighted by atomic mass is 16.1. The summed E-state index contributed by atoms with van der Waals surface area (Å²) >= 11 is 0. The summed E-state index contributed by atoms with van der Waals surface area (Å²) in [5.74, 6) is 0.155. The number of anilines is 1. The summed E-state index contributed by atoms with van der Waals surface area (Å²) in [5.41, 5.74) is 7.61. The fourth-order valence-electron chi connectivity index (χ4n) is 2.38. The lowest BCUT2D eigenvalue weighted by atomic mass is 10.1. The molecule has 1 aliphatic heterocycles. The van der Waals surface area contributed by atoms with Crippen LogP contribution in [0.25, 0.3) is 0 Å². The molecule has 2 rings (SSSR count). The predicted octanol–water partition coefficient (Wildman–Crippen LogP) is 1.41. The first kappa shape index (κ1) is 13.9. The summed E-state index contributed by atoms with van der Waals surface area (Å²) in [5, 5.41) is 2.97. The van der Waals surface area contributed by atoms with Crippen LogP contribution in [0.15, 0.2) is 24.3 Å². The first-order valence-corrected chi connectivity index (χ1v) is 7.07. The number of amides is 1. The Morgan fingerprint density at radius 3 is 2.58 bits per heavy atom. The second-order valence-electron chi connectivity index (χ2n) is 5.14. The van der Waals surface area contributed by atoms with Crippen LogP contribution in [0.3, 0.4) is 0 Å². The van der Waals surface area contributed by atoms with Crippen LogP contribution in [-0.2, 0) is 11.2 Å². The van der Waals surface area contributed by atoms with E-state index in [9.17, 15) is 4.79 Å². The zero-order chi connectivity index (χ0) is 13.5. The fraction of sp³-hybridized carbons (Fsp3) is 0.533. The van der Waals surface area contributed by atoms with Gasteiger partial charge in [-0.1, -0.05) is 12.1 Å². The number of hydrogen-bond donors (Lipinski definition) is 2. The van der Waals surface area contributed by atoms with E-state index in [0.717, 1.165) is 31.7 Å². The minimum atomic E-state index is 0.155. The smallest absolute Gasteiger partial charge is 0.221 e. The highest BCUT2D eigenvalue weighted by Gasteiger charge is 2.12. The van der Waals surface area contributed by atoms with E-state index in [2.05, 4.69) is 10.2 Å². The average molecular weight is 261 g/mol. The Balaban J connectivity index is 1.59. The second kappa shape index (κ2) is 7.14. The molecule has 0 radical (unpaired) electrons. The molecule has 1 aliphatic rings. The van der Waals surface area contributed by atoms with Gasteiger partial charge in [0, 0.05) is 25.2 Å². The van der Waals surface area contributed by atoms with Gasteiger partial charge in [-0.3, -0.25) is 4.79 Å². The number of hydrogen-bond acceptors (Lipinski definition) is 3. The number of rotatable bonds is 6. The highest BCUT2D eigenvalue weighted by Crippen LogP contribution is 2.07. The number of nitrogens with one attached hydrogen (secondary N) is 1. The van der Waals surface area contributed by atoms with E-state index in [1.165, 1.54) is 18.4 Å². The first-order chi connectivity index (χ1) is 9.24. The molecule has 1 aromatic carbocycles. The van der Waals surface area contributed by atoms with Gasteiger partial charge in [0.05, 0.1) is 0 Å². The third-order valence-corrected chi connectivity index (χ3v) is 3.57. The monoisotopic (exact) mass is 261 g/mol. The molecule has 1 heterocycles. The number of carbonyl (C=O) groups is 1. The average Bonchev–Trinajstić information content (AvgIpc) is 2.92. The SMILES string of the molecule is Nc1ccc(CCNC(=O)CCN2CCCC2)cc1. The molecule has 4 nitrogen and oxygen atoms in total. The molecule has 0 spiro atoms. The van der Waals surface area contributed by atoms with Crippen molar-refractivity contribution in [2.24, 2.45) is 0 Å². The van der Waals surface area contributed by atoms with Crippen LogP contribution in [-0.4, -0.2) is 37.0 Å². The van der Waals surface area contributed by atoms with Gasteiger partial charge in [0.25, 0.3) is 0 Å². The van der Waals surface area contributed by atoms with E-state index in [0.29, 0.717) is 13.0 Å². The molecule has 0 unspecified atom stereocenters. The Bertz CT molecular complexity index is 396. The number of nitrogens with two attached hydrogens (primary N) is 1. The normalized spacial score (nSPS) is 15.6. The largest absolute Gasteiger partial charge is 0.399 e. The lowest BCUT2D eigenvalue weighted by Crippen LogP contribution is -2.30. The summed E-state index contributed by atoms with van der Waals surface area (Å²) in [6.45, 7) is 3.90. The van der Waals surface area contributed by atoms with E-state index >= 15 is 0 Å². The van der Waals surface area contributed by atoms with Crippen molar-refractivity contribution in [1.82, 2.24) is 10.2 Å². The maximum absolute atomic E-state index is 11.7. The molecule has 1 amide bonds.